The molecule has 212 valence electrons. The first-order valence-electron chi connectivity index (χ1n) is 12.2. The van der Waals surface area contributed by atoms with Gasteiger partial charge in [0.05, 0.1) is 20.8 Å². The van der Waals surface area contributed by atoms with E-state index in [-0.39, 0.29) is 21.8 Å². The number of aliphatic hydroxyl groups excluding tert-OH is 1. The number of anilines is 2. The highest BCUT2D eigenvalue weighted by molar-refractivity contribution is 7.80. The molecule has 0 fully saturated rings. The van der Waals surface area contributed by atoms with Crippen molar-refractivity contribution in [3.05, 3.63) is 128 Å². The molecule has 0 unspecified atom stereocenters. The monoisotopic (exact) mass is 645 g/mol. The average Bonchev–Trinajstić information content (AvgIpc) is 2.95. The number of hydrogen-bond donors (Lipinski definition) is 4. The Hall–Kier alpha value is -3.40. The van der Waals surface area contributed by atoms with E-state index in [9.17, 15) is 4.79 Å². The summed E-state index contributed by atoms with van der Waals surface area (Å²) in [6, 6.07) is 29.7. The van der Waals surface area contributed by atoms with E-state index in [1.54, 1.807) is 12.1 Å². The van der Waals surface area contributed by atoms with Crippen LogP contribution in [0.2, 0.25) is 15.1 Å². The number of nitrogens with one attached hydrogen (secondary N) is 2. The van der Waals surface area contributed by atoms with Crippen molar-refractivity contribution in [1.29, 1.82) is 0 Å². The quantitative estimate of drug-likeness (QED) is 0.114. The molecule has 41 heavy (non-hydrogen) atoms. The molecule has 5 N–H and O–H groups in total. The summed E-state index contributed by atoms with van der Waals surface area (Å²) in [5, 5.41) is 13.6. The van der Waals surface area contributed by atoms with Gasteiger partial charge in [-0.3, -0.25) is 4.79 Å². The summed E-state index contributed by atoms with van der Waals surface area (Å²) in [6.07, 6.45) is 1.49. The highest BCUT2D eigenvalue weighted by Gasteiger charge is 2.15. The zero-order valence-electron chi connectivity index (χ0n) is 21.6. The van der Waals surface area contributed by atoms with Gasteiger partial charge in [0.25, 0.3) is 16.3 Å². The van der Waals surface area contributed by atoms with Gasteiger partial charge in [-0.25, -0.2) is 0 Å². The van der Waals surface area contributed by atoms with E-state index in [2.05, 4.69) is 58.9 Å². The molecular formula is C30H26Cl3N3O3S2. The Balaban J connectivity index is 0.00000108. The first-order valence-corrected chi connectivity index (χ1v) is 14.1. The highest BCUT2D eigenvalue weighted by Crippen LogP contribution is 2.35. The number of carbonyl (C=O) groups excluding carboxylic acids is 1. The second kappa shape index (κ2) is 16.1. The summed E-state index contributed by atoms with van der Waals surface area (Å²) in [5.74, 6) is -0.438. The maximum Gasteiger partial charge on any atom is 0.262 e. The van der Waals surface area contributed by atoms with Crippen LogP contribution in [0.4, 0.5) is 11.4 Å². The summed E-state index contributed by atoms with van der Waals surface area (Å²) in [7, 11) is 0. The Morgan fingerprint density at radius 1 is 0.756 bits per heavy atom. The molecule has 4 aromatic carbocycles. The maximum atomic E-state index is 12.4. The molecule has 0 radical (unpaired) electrons. The third-order valence-corrected chi connectivity index (χ3v) is 7.13. The molecule has 0 heterocycles. The van der Waals surface area contributed by atoms with Gasteiger partial charge in [-0.1, -0.05) is 108 Å². The van der Waals surface area contributed by atoms with E-state index >= 15 is 0 Å². The van der Waals surface area contributed by atoms with Gasteiger partial charge in [-0.05, 0) is 77.7 Å². The molecule has 0 saturated carbocycles. The number of hydrogen-bond acceptors (Lipinski definition) is 4. The SMILES string of the molecule is NC(O)=S.O=C(COC(=S)Nc1cccc(Cc2ccccc2)c1Cc1ccccc1)Nc1ccc(Cl)c(Cl)c1Cl. The Labute approximate surface area is 264 Å². The number of carbonyl (C=O) groups is 1. The van der Waals surface area contributed by atoms with Crippen LogP contribution in [0.1, 0.15) is 22.3 Å². The van der Waals surface area contributed by atoms with E-state index in [0.29, 0.717) is 17.1 Å². The molecular weight excluding hydrogens is 621 g/mol. The van der Waals surface area contributed by atoms with Crippen LogP contribution in [-0.4, -0.2) is 28.0 Å². The molecule has 0 aromatic heterocycles. The van der Waals surface area contributed by atoms with E-state index < -0.39 is 11.1 Å². The van der Waals surface area contributed by atoms with Crippen molar-refractivity contribution >= 4 is 86.9 Å². The second-order valence-electron chi connectivity index (χ2n) is 8.58. The number of ether oxygens (including phenoxy) is 1. The Morgan fingerprint density at radius 3 is 1.95 bits per heavy atom. The van der Waals surface area contributed by atoms with Crippen LogP contribution in [-0.2, 0) is 22.4 Å². The van der Waals surface area contributed by atoms with Crippen LogP contribution in [0.3, 0.4) is 0 Å². The summed E-state index contributed by atoms with van der Waals surface area (Å²) in [5.41, 5.74) is 10.2. The molecule has 0 aliphatic rings. The molecule has 0 saturated heterocycles. The molecule has 4 rings (SSSR count). The van der Waals surface area contributed by atoms with Crippen LogP contribution in [0, 0.1) is 0 Å². The number of benzene rings is 4. The van der Waals surface area contributed by atoms with Crippen molar-refractivity contribution in [2.75, 3.05) is 17.2 Å². The van der Waals surface area contributed by atoms with Crippen molar-refractivity contribution in [3.8, 4) is 0 Å². The third-order valence-electron chi connectivity index (χ3n) is 5.61. The molecule has 6 nitrogen and oxygen atoms in total. The third kappa shape index (κ3) is 10.5. The maximum absolute atomic E-state index is 12.4. The summed E-state index contributed by atoms with van der Waals surface area (Å²) < 4.78 is 5.54. The number of rotatable bonds is 8. The Bertz CT molecular complexity index is 1500. The fourth-order valence-electron chi connectivity index (χ4n) is 3.83. The van der Waals surface area contributed by atoms with Crippen molar-refractivity contribution in [1.82, 2.24) is 0 Å². The van der Waals surface area contributed by atoms with Crippen LogP contribution in [0.5, 0.6) is 0 Å². The predicted octanol–water partition coefficient (Wildman–Crippen LogP) is 7.97. The predicted molar refractivity (Wildman–Crippen MR) is 177 cm³/mol. The number of aliphatic hydroxyl groups is 1. The van der Waals surface area contributed by atoms with Crippen molar-refractivity contribution < 1.29 is 14.6 Å². The molecule has 0 spiro atoms. The van der Waals surface area contributed by atoms with Crippen molar-refractivity contribution in [3.63, 3.8) is 0 Å². The first kappa shape index (κ1) is 32.1. The lowest BCUT2D eigenvalue weighted by molar-refractivity contribution is -0.118. The Kier molecular flexibility index (Phi) is 12.6. The van der Waals surface area contributed by atoms with Gasteiger partial charge < -0.3 is 26.2 Å². The van der Waals surface area contributed by atoms with Crippen LogP contribution in [0.15, 0.2) is 91.0 Å². The molecule has 0 aliphatic carbocycles. The molecule has 1 amide bonds. The summed E-state index contributed by atoms with van der Waals surface area (Å²) >= 11 is 27.4. The van der Waals surface area contributed by atoms with E-state index in [0.717, 1.165) is 17.7 Å². The van der Waals surface area contributed by atoms with E-state index in [4.69, 9.17) is 56.9 Å². The van der Waals surface area contributed by atoms with Crippen LogP contribution in [0.25, 0.3) is 0 Å². The van der Waals surface area contributed by atoms with Crippen molar-refractivity contribution in [2.24, 2.45) is 5.73 Å². The smallest absolute Gasteiger partial charge is 0.262 e. The normalized spacial score (nSPS) is 10.1. The van der Waals surface area contributed by atoms with Crippen LogP contribution >= 0.6 is 59.2 Å². The molecule has 0 aliphatic heterocycles. The lowest BCUT2D eigenvalue weighted by Gasteiger charge is -2.18. The van der Waals surface area contributed by atoms with Gasteiger partial charge in [-0.2, -0.15) is 0 Å². The topological polar surface area (TPSA) is 96.6 Å². The molecule has 0 atom stereocenters. The van der Waals surface area contributed by atoms with E-state index in [1.807, 2.05) is 48.5 Å². The minimum absolute atomic E-state index is 0.0848. The molecule has 0 bridgehead atoms. The summed E-state index contributed by atoms with van der Waals surface area (Å²) in [6.45, 7) is -0.305. The lowest BCUT2D eigenvalue weighted by atomic mass is 9.93. The lowest BCUT2D eigenvalue weighted by Crippen LogP contribution is -2.24. The highest BCUT2D eigenvalue weighted by atomic mass is 35.5. The van der Waals surface area contributed by atoms with Gasteiger partial charge in [0, 0.05) is 5.69 Å². The second-order valence-corrected chi connectivity index (χ2v) is 10.5. The van der Waals surface area contributed by atoms with Crippen molar-refractivity contribution in [2.45, 2.75) is 12.8 Å². The van der Waals surface area contributed by atoms with E-state index in [1.165, 1.54) is 16.7 Å². The number of thiocarbonyl (C=S) groups is 2. The number of amides is 1. The number of nitrogens with two attached hydrogens (primary N) is 1. The standard InChI is InChI=1S/C29H23Cl3N2O2S.CH3NOS/c30-23-14-15-25(28(32)27(23)31)33-26(35)18-36-29(37)34-24-13-7-12-21(16-19-8-3-1-4-9-19)22(24)17-20-10-5-2-6-11-20;2-1(3)4/h1-15H,16-18H2,(H,33,35)(H,34,37);(H3,2,3,4). The van der Waals surface area contributed by atoms with Gasteiger partial charge in [-0.15, -0.1) is 0 Å². The average molecular weight is 647 g/mol. The zero-order chi connectivity index (χ0) is 29.8. The minimum Gasteiger partial charge on any atom is -0.487 e. The first-order chi connectivity index (χ1) is 19.6. The largest absolute Gasteiger partial charge is 0.487 e. The van der Waals surface area contributed by atoms with Gasteiger partial charge in [0.1, 0.15) is 0 Å². The van der Waals surface area contributed by atoms with Crippen LogP contribution < -0.4 is 16.4 Å². The molecule has 11 heteroatoms. The van der Waals surface area contributed by atoms with Gasteiger partial charge in [0.15, 0.2) is 6.61 Å². The zero-order valence-corrected chi connectivity index (χ0v) is 25.5. The van der Waals surface area contributed by atoms with Gasteiger partial charge >= 0.3 is 0 Å². The fraction of sp³-hybridized carbons (Fsp3) is 0.100. The minimum atomic E-state index is -0.500. The fourth-order valence-corrected chi connectivity index (χ4v) is 4.58. The summed E-state index contributed by atoms with van der Waals surface area (Å²) in [4.78, 5) is 12.4. The molecule has 4 aromatic rings. The van der Waals surface area contributed by atoms with Gasteiger partial charge in [0.2, 0.25) is 0 Å². The number of halogens is 3. The Morgan fingerprint density at radius 2 is 1.34 bits per heavy atom.